The van der Waals surface area contributed by atoms with E-state index in [1.165, 1.54) is 6.42 Å². The lowest BCUT2D eigenvalue weighted by atomic mass is 9.53. The first-order valence-corrected chi connectivity index (χ1v) is 10.3. The number of rotatable bonds is 1. The molecule has 1 aliphatic heterocycles. The molecule has 0 aromatic heterocycles. The topological polar surface area (TPSA) is 52.6 Å². The first-order chi connectivity index (χ1) is 9.98. The summed E-state index contributed by atoms with van der Waals surface area (Å²) >= 11 is -0.624. The highest BCUT2D eigenvalue weighted by atomic mass is 127. The smallest absolute Gasteiger partial charge is 0.354 e. The quantitative estimate of drug-likeness (QED) is 0.383. The highest BCUT2D eigenvalue weighted by Gasteiger charge is 2.64. The largest absolute Gasteiger partial charge is 0.418 e. The maximum atomic E-state index is 12.4. The molecule has 4 bridgehead atoms. The van der Waals surface area contributed by atoms with Crippen LogP contribution in [0.4, 0.5) is 0 Å². The maximum Gasteiger partial charge on any atom is 0.354 e. The molecular formula is C16H21IO4. The first kappa shape index (κ1) is 14.2. The van der Waals surface area contributed by atoms with E-state index in [1.54, 1.807) is 0 Å². The fourth-order valence-corrected chi connectivity index (χ4v) is 6.94. The normalized spacial score (nSPS) is 44.4. The number of halogens is 1. The van der Waals surface area contributed by atoms with Crippen LogP contribution < -0.4 is 0 Å². The minimum Gasteiger partial charge on any atom is -0.418 e. The van der Waals surface area contributed by atoms with Gasteiger partial charge in [0, 0.05) is 15.8 Å². The molecule has 0 aromatic rings. The van der Waals surface area contributed by atoms with Crippen molar-refractivity contribution in [2.45, 2.75) is 55.7 Å². The molecular weight excluding hydrogens is 383 g/mol. The first-order valence-electron chi connectivity index (χ1n) is 7.95. The van der Waals surface area contributed by atoms with Gasteiger partial charge >= 0.3 is 11.9 Å². The number of hydrogen-bond donors (Lipinski definition) is 0. The molecule has 5 heteroatoms. The zero-order valence-electron chi connectivity index (χ0n) is 12.4. The Labute approximate surface area is 134 Å². The van der Waals surface area contributed by atoms with Crippen LogP contribution in [0.2, 0.25) is 0 Å². The predicted octanol–water partition coefficient (Wildman–Crippen LogP) is 2.79. The van der Waals surface area contributed by atoms with E-state index < -0.39 is 26.5 Å². The summed E-state index contributed by atoms with van der Waals surface area (Å²) in [5.41, 5.74) is 0. The molecule has 0 aromatic carbocycles. The van der Waals surface area contributed by atoms with E-state index in [-0.39, 0.29) is 23.8 Å². The second-order valence-electron chi connectivity index (χ2n) is 7.24. The Kier molecular flexibility index (Phi) is 3.21. The van der Waals surface area contributed by atoms with Crippen molar-refractivity contribution in [3.63, 3.8) is 0 Å². The third-order valence-corrected chi connectivity index (χ3v) is 8.22. The Morgan fingerprint density at radius 2 is 1.43 bits per heavy atom. The van der Waals surface area contributed by atoms with Crippen LogP contribution in [0.1, 0.15) is 46.0 Å². The van der Waals surface area contributed by atoms with Gasteiger partial charge in [-0.15, -0.1) is 0 Å². The third kappa shape index (κ3) is 2.10. The van der Waals surface area contributed by atoms with Gasteiger partial charge in [0.15, 0.2) is 3.51 Å². The Balaban J connectivity index is 1.66. The summed E-state index contributed by atoms with van der Waals surface area (Å²) in [7, 11) is 0. The lowest BCUT2D eigenvalue weighted by molar-refractivity contribution is -0.308. The number of hydrogen-bond acceptors (Lipinski definition) is 4. The molecule has 1 heterocycles. The summed E-state index contributed by atoms with van der Waals surface area (Å²) in [6.07, 6.45) is 5.55. The van der Waals surface area contributed by atoms with Crippen LogP contribution >= 0.6 is 20.7 Å². The molecule has 0 radical (unpaired) electrons. The van der Waals surface area contributed by atoms with E-state index in [0.29, 0.717) is 7.43 Å². The summed E-state index contributed by atoms with van der Waals surface area (Å²) in [6, 6.07) is 0. The van der Waals surface area contributed by atoms with Crippen LogP contribution in [0.5, 0.6) is 0 Å². The molecule has 4 aliphatic carbocycles. The lowest BCUT2D eigenvalue weighted by Gasteiger charge is -2.59. The van der Waals surface area contributed by atoms with Crippen LogP contribution in [0.25, 0.3) is 0 Å². The predicted molar refractivity (Wildman–Crippen MR) is 86.1 cm³/mol. The van der Waals surface area contributed by atoms with Crippen LogP contribution in [0, 0.1) is 23.7 Å². The Morgan fingerprint density at radius 1 is 0.952 bits per heavy atom. The molecule has 5 rings (SSSR count). The van der Waals surface area contributed by atoms with Gasteiger partial charge in [-0.05, 0) is 43.9 Å². The van der Waals surface area contributed by atoms with Crippen LogP contribution in [0.15, 0.2) is 0 Å². The number of carbonyl (C=O) groups is 2. The van der Waals surface area contributed by atoms with Crippen molar-refractivity contribution in [1.82, 2.24) is 0 Å². The molecule has 0 amide bonds. The van der Waals surface area contributed by atoms with Crippen molar-refractivity contribution in [1.29, 1.82) is 0 Å². The second-order valence-corrected chi connectivity index (χ2v) is 11.4. The molecule has 1 saturated heterocycles. The van der Waals surface area contributed by atoms with Crippen LogP contribution in [-0.4, -0.2) is 25.2 Å². The minimum absolute atomic E-state index is 0.237. The zero-order valence-corrected chi connectivity index (χ0v) is 14.6. The average molecular weight is 404 g/mol. The molecule has 116 valence electrons. The van der Waals surface area contributed by atoms with Crippen LogP contribution in [-0.2, 0) is 19.1 Å². The Bertz CT molecular complexity index is 486. The zero-order chi connectivity index (χ0) is 14.8. The highest BCUT2D eigenvalue weighted by molar-refractivity contribution is 14.2. The standard InChI is InChI=1S/C16H21IO4/c1-8(2)17-13-14(18)20-16(21-15(13)19)11-4-9-3-10(6-11)7-12(16)5-9/h8-12H,3-7H2,1-2H3. The third-order valence-electron chi connectivity index (χ3n) is 5.47. The van der Waals surface area contributed by atoms with Gasteiger partial charge in [-0.25, -0.2) is 9.59 Å². The molecule has 4 nitrogen and oxygen atoms in total. The molecule has 5 aliphatic rings. The fraction of sp³-hybridized carbons (Fsp3) is 0.812. The molecule has 4 saturated carbocycles. The van der Waals surface area contributed by atoms with Gasteiger partial charge in [-0.2, -0.15) is 0 Å². The molecule has 1 spiro atoms. The Hall–Kier alpha value is -0.460. The highest BCUT2D eigenvalue weighted by Crippen LogP contribution is 2.60. The van der Waals surface area contributed by atoms with E-state index in [1.807, 2.05) is 13.8 Å². The SMILES string of the molecule is CC(C)I=C1C(=O)OC2(OC1=O)C1CC3CC(C1)CC2C3. The van der Waals surface area contributed by atoms with Crippen molar-refractivity contribution < 1.29 is 19.1 Å². The summed E-state index contributed by atoms with van der Waals surface area (Å²) in [6.45, 7) is 4.07. The number of carbonyl (C=O) groups excluding carboxylic acids is 2. The maximum absolute atomic E-state index is 12.4. The van der Waals surface area contributed by atoms with Gasteiger partial charge in [0.1, 0.15) is 0 Å². The minimum atomic E-state index is -0.911. The summed E-state index contributed by atoms with van der Waals surface area (Å²) < 4.78 is 12.3. The lowest BCUT2D eigenvalue weighted by Crippen LogP contribution is -2.65. The average Bonchev–Trinajstić information content (AvgIpc) is 2.39. The van der Waals surface area contributed by atoms with Gasteiger partial charge < -0.3 is 9.47 Å². The monoisotopic (exact) mass is 404 g/mol. The molecule has 0 unspecified atom stereocenters. The van der Waals surface area contributed by atoms with E-state index in [4.69, 9.17) is 9.47 Å². The van der Waals surface area contributed by atoms with Gasteiger partial charge in [0.2, 0.25) is 0 Å². The summed E-state index contributed by atoms with van der Waals surface area (Å²) in [4.78, 5) is 24.8. The number of ether oxygens (including phenoxy) is 2. The Morgan fingerprint density at radius 3 is 1.86 bits per heavy atom. The number of esters is 2. The van der Waals surface area contributed by atoms with E-state index >= 15 is 0 Å². The van der Waals surface area contributed by atoms with Crippen molar-refractivity contribution in [3.8, 4) is 0 Å². The van der Waals surface area contributed by atoms with Gasteiger partial charge in [0.25, 0.3) is 5.79 Å². The molecule has 0 N–H and O–H groups in total. The van der Waals surface area contributed by atoms with E-state index in [9.17, 15) is 9.59 Å². The van der Waals surface area contributed by atoms with Crippen molar-refractivity contribution in [2.24, 2.45) is 23.7 Å². The van der Waals surface area contributed by atoms with E-state index in [0.717, 1.165) is 37.5 Å². The van der Waals surface area contributed by atoms with E-state index in [2.05, 4.69) is 0 Å². The second kappa shape index (κ2) is 4.77. The number of alkyl halides is 1. The fourth-order valence-electron chi connectivity index (χ4n) is 4.97. The van der Waals surface area contributed by atoms with Crippen molar-refractivity contribution >= 4 is 36.2 Å². The van der Waals surface area contributed by atoms with Gasteiger partial charge in [-0.3, -0.25) is 0 Å². The summed E-state index contributed by atoms with van der Waals surface area (Å²) in [5, 5.41) is 0. The van der Waals surface area contributed by atoms with Gasteiger partial charge in [-0.1, -0.05) is 34.6 Å². The molecule has 21 heavy (non-hydrogen) atoms. The molecule has 5 fully saturated rings. The van der Waals surface area contributed by atoms with Crippen LogP contribution in [0.3, 0.4) is 0 Å². The van der Waals surface area contributed by atoms with Crippen molar-refractivity contribution in [3.05, 3.63) is 0 Å². The molecule has 0 atom stereocenters. The van der Waals surface area contributed by atoms with Crippen molar-refractivity contribution in [2.75, 3.05) is 0 Å². The van der Waals surface area contributed by atoms with Gasteiger partial charge in [0.05, 0.1) is 0 Å². The summed E-state index contributed by atoms with van der Waals surface area (Å²) in [5.74, 6) is 0.320.